The minimum atomic E-state index is 0.227. The first-order valence-electron chi connectivity index (χ1n) is 7.61. The minimum Gasteiger partial charge on any atom is -0.319 e. The van der Waals surface area contributed by atoms with Crippen LogP contribution >= 0.6 is 0 Å². The Labute approximate surface area is 122 Å². The second kappa shape index (κ2) is 5.96. The lowest BCUT2D eigenvalue weighted by atomic mass is 9.75. The van der Waals surface area contributed by atoms with Crippen LogP contribution in [0.4, 0.5) is 0 Å². The van der Waals surface area contributed by atoms with Crippen molar-refractivity contribution in [2.75, 3.05) is 13.6 Å². The maximum absolute atomic E-state index is 4.85. The monoisotopic (exact) mass is 273 g/mol. The lowest BCUT2D eigenvalue weighted by Gasteiger charge is -2.33. The van der Waals surface area contributed by atoms with Gasteiger partial charge in [-0.3, -0.25) is 4.68 Å². The van der Waals surface area contributed by atoms with E-state index in [0.717, 1.165) is 19.5 Å². The highest BCUT2D eigenvalue weighted by Gasteiger charge is 2.29. The molecule has 1 heterocycles. The topological polar surface area (TPSA) is 29.9 Å². The lowest BCUT2D eigenvalue weighted by Crippen LogP contribution is -2.36. The van der Waals surface area contributed by atoms with Crippen molar-refractivity contribution in [2.45, 2.75) is 40.7 Å². The molecule has 1 unspecified atom stereocenters. The number of nitrogens with one attached hydrogen (secondary N) is 1. The smallest absolute Gasteiger partial charge is 0.0709 e. The van der Waals surface area contributed by atoms with E-state index in [1.807, 2.05) is 7.05 Å². The van der Waals surface area contributed by atoms with Crippen molar-refractivity contribution in [3.8, 4) is 0 Å². The number of para-hydroxylation sites is 1. The molecular formula is C17H27N3. The highest BCUT2D eigenvalue weighted by molar-refractivity contribution is 5.82. The quantitative estimate of drug-likeness (QED) is 0.873. The van der Waals surface area contributed by atoms with E-state index >= 15 is 0 Å². The van der Waals surface area contributed by atoms with Gasteiger partial charge in [-0.1, -0.05) is 39.0 Å². The molecule has 0 bridgehead atoms. The zero-order valence-corrected chi connectivity index (χ0v) is 13.4. The van der Waals surface area contributed by atoms with Crippen molar-refractivity contribution < 1.29 is 0 Å². The summed E-state index contributed by atoms with van der Waals surface area (Å²) in [4.78, 5) is 0. The number of hydrogen-bond acceptors (Lipinski definition) is 2. The van der Waals surface area contributed by atoms with Gasteiger partial charge in [0.1, 0.15) is 0 Å². The molecule has 0 amide bonds. The molecular weight excluding hydrogens is 246 g/mol. The van der Waals surface area contributed by atoms with E-state index in [-0.39, 0.29) is 5.41 Å². The van der Waals surface area contributed by atoms with E-state index in [9.17, 15) is 0 Å². The second-order valence-electron chi connectivity index (χ2n) is 6.30. The highest BCUT2D eigenvalue weighted by Crippen LogP contribution is 2.32. The fourth-order valence-electron chi connectivity index (χ4n) is 2.82. The van der Waals surface area contributed by atoms with Crippen molar-refractivity contribution >= 4 is 10.9 Å². The summed E-state index contributed by atoms with van der Waals surface area (Å²) in [7, 11) is 2.03. The van der Waals surface area contributed by atoms with Crippen LogP contribution in [-0.4, -0.2) is 23.4 Å². The van der Waals surface area contributed by atoms with E-state index in [4.69, 9.17) is 5.10 Å². The number of fused-ring (bicyclic) bond motifs is 1. The molecule has 0 fully saturated rings. The first-order valence-corrected chi connectivity index (χ1v) is 7.61. The molecule has 0 saturated carbocycles. The molecule has 0 spiro atoms. The average Bonchev–Trinajstić information content (AvgIpc) is 2.77. The summed E-state index contributed by atoms with van der Waals surface area (Å²) < 4.78 is 2.12. The van der Waals surface area contributed by atoms with Gasteiger partial charge in [-0.2, -0.15) is 5.10 Å². The number of aromatic nitrogens is 2. The van der Waals surface area contributed by atoms with Crippen molar-refractivity contribution in [3.05, 3.63) is 30.0 Å². The van der Waals surface area contributed by atoms with Gasteiger partial charge >= 0.3 is 0 Å². The normalized spacial score (nSPS) is 14.9. The molecule has 3 nitrogen and oxygen atoms in total. The summed E-state index contributed by atoms with van der Waals surface area (Å²) in [6.45, 7) is 11.0. The summed E-state index contributed by atoms with van der Waals surface area (Å²) in [6.07, 6.45) is 1.01. The fraction of sp³-hybridized carbons (Fsp3) is 0.588. The fourth-order valence-corrected chi connectivity index (χ4v) is 2.82. The maximum atomic E-state index is 4.85. The van der Waals surface area contributed by atoms with Gasteiger partial charge in [0.15, 0.2) is 0 Å². The van der Waals surface area contributed by atoms with Crippen LogP contribution in [0.2, 0.25) is 0 Å². The van der Waals surface area contributed by atoms with Gasteiger partial charge in [0.2, 0.25) is 0 Å². The van der Waals surface area contributed by atoms with Crippen LogP contribution in [0.25, 0.3) is 10.9 Å². The van der Waals surface area contributed by atoms with E-state index in [2.05, 4.69) is 62.0 Å². The van der Waals surface area contributed by atoms with E-state index < -0.39 is 0 Å². The molecule has 1 N–H and O–H groups in total. The summed E-state index contributed by atoms with van der Waals surface area (Å²) in [6, 6.07) is 8.57. The van der Waals surface area contributed by atoms with Gasteiger partial charge in [0, 0.05) is 18.5 Å². The number of hydrogen-bond donors (Lipinski definition) is 1. The Bertz CT molecular complexity index is 571. The summed E-state index contributed by atoms with van der Waals surface area (Å²) in [5.74, 6) is 0.612. The molecule has 1 aromatic heterocycles. The number of rotatable bonds is 6. The molecule has 2 aromatic rings. The standard InChI is InChI=1S/C17H27N3/c1-6-20-16-10-8-7-9-14(16)15(19-20)11-17(4,12-18-5)13(2)3/h7-10,13,18H,6,11-12H2,1-5H3. The lowest BCUT2D eigenvalue weighted by molar-refractivity contribution is 0.210. The summed E-state index contributed by atoms with van der Waals surface area (Å²) in [5.41, 5.74) is 2.71. The van der Waals surface area contributed by atoms with Crippen molar-refractivity contribution in [1.82, 2.24) is 15.1 Å². The van der Waals surface area contributed by atoms with Crippen LogP contribution in [0.15, 0.2) is 24.3 Å². The van der Waals surface area contributed by atoms with E-state index in [0.29, 0.717) is 5.92 Å². The molecule has 2 rings (SSSR count). The largest absolute Gasteiger partial charge is 0.319 e. The van der Waals surface area contributed by atoms with Crippen molar-refractivity contribution in [3.63, 3.8) is 0 Å². The molecule has 3 heteroatoms. The van der Waals surface area contributed by atoms with Crippen LogP contribution in [0.1, 0.15) is 33.4 Å². The predicted octanol–water partition coefficient (Wildman–Crippen LogP) is 3.48. The Hall–Kier alpha value is -1.35. The molecule has 0 aliphatic heterocycles. The summed E-state index contributed by atoms with van der Waals surface area (Å²) in [5, 5.41) is 9.49. The average molecular weight is 273 g/mol. The third kappa shape index (κ3) is 2.73. The zero-order chi connectivity index (χ0) is 14.8. The van der Waals surface area contributed by atoms with Crippen LogP contribution in [0, 0.1) is 11.3 Å². The molecule has 110 valence electrons. The number of benzene rings is 1. The van der Waals surface area contributed by atoms with Crippen molar-refractivity contribution in [2.24, 2.45) is 11.3 Å². The van der Waals surface area contributed by atoms with Crippen LogP contribution in [0.3, 0.4) is 0 Å². The van der Waals surface area contributed by atoms with Gasteiger partial charge in [-0.15, -0.1) is 0 Å². The van der Waals surface area contributed by atoms with Gasteiger partial charge in [0.05, 0.1) is 11.2 Å². The predicted molar refractivity (Wildman–Crippen MR) is 86.0 cm³/mol. The van der Waals surface area contributed by atoms with E-state index in [1.165, 1.54) is 16.6 Å². The second-order valence-corrected chi connectivity index (χ2v) is 6.30. The SMILES string of the molecule is CCn1nc(CC(C)(CNC)C(C)C)c2ccccc21. The Kier molecular flexibility index (Phi) is 4.48. The first-order chi connectivity index (χ1) is 9.51. The van der Waals surface area contributed by atoms with E-state index in [1.54, 1.807) is 0 Å². The third-order valence-electron chi connectivity index (χ3n) is 4.58. The molecule has 20 heavy (non-hydrogen) atoms. The third-order valence-corrected chi connectivity index (χ3v) is 4.58. The molecule has 0 aliphatic carbocycles. The Morgan fingerprint density at radius 2 is 2.00 bits per heavy atom. The van der Waals surface area contributed by atoms with Gasteiger partial charge in [0.25, 0.3) is 0 Å². The highest BCUT2D eigenvalue weighted by atomic mass is 15.3. The van der Waals surface area contributed by atoms with Crippen molar-refractivity contribution in [1.29, 1.82) is 0 Å². The van der Waals surface area contributed by atoms with Gasteiger partial charge in [-0.05, 0) is 37.8 Å². The number of nitrogens with zero attached hydrogens (tertiary/aromatic N) is 2. The zero-order valence-electron chi connectivity index (χ0n) is 13.4. The van der Waals surface area contributed by atoms with Crippen LogP contribution in [-0.2, 0) is 13.0 Å². The maximum Gasteiger partial charge on any atom is 0.0709 e. The summed E-state index contributed by atoms with van der Waals surface area (Å²) >= 11 is 0. The molecule has 0 saturated heterocycles. The van der Waals surface area contributed by atoms with Crippen LogP contribution in [0.5, 0.6) is 0 Å². The van der Waals surface area contributed by atoms with Gasteiger partial charge < -0.3 is 5.32 Å². The molecule has 1 aromatic carbocycles. The van der Waals surface area contributed by atoms with Gasteiger partial charge in [-0.25, -0.2) is 0 Å². The molecule has 0 aliphatic rings. The molecule has 1 atom stereocenters. The Balaban J connectivity index is 2.42. The Morgan fingerprint density at radius 3 is 2.60 bits per heavy atom. The molecule has 0 radical (unpaired) electrons. The van der Waals surface area contributed by atoms with Crippen LogP contribution < -0.4 is 5.32 Å². The Morgan fingerprint density at radius 1 is 1.30 bits per heavy atom. The number of aryl methyl sites for hydroxylation is 1. The first kappa shape index (κ1) is 15.0. The minimum absolute atomic E-state index is 0.227.